The number of rotatable bonds is 7. The van der Waals surface area contributed by atoms with Crippen LogP contribution in [-0.2, 0) is 17.8 Å². The van der Waals surface area contributed by atoms with E-state index in [9.17, 15) is 8.78 Å². The topological polar surface area (TPSA) is 39.1 Å². The highest BCUT2D eigenvalue weighted by atomic mass is 19.2. The van der Waals surface area contributed by atoms with E-state index in [1.165, 1.54) is 6.07 Å². The molecule has 108 valence electrons. The molecule has 2 rings (SSSR count). The van der Waals surface area contributed by atoms with Crippen LogP contribution in [0.3, 0.4) is 0 Å². The van der Waals surface area contributed by atoms with Crippen LogP contribution in [0.4, 0.5) is 8.78 Å². The van der Waals surface area contributed by atoms with Crippen molar-refractivity contribution in [1.82, 2.24) is 14.9 Å². The number of imidazole rings is 1. The molecule has 4 nitrogen and oxygen atoms in total. The SMILES string of the molecule is COCCNCc1nccn1Cc1ccc(F)c(F)c1. The Morgan fingerprint density at radius 1 is 1.30 bits per heavy atom. The molecule has 0 spiro atoms. The molecule has 0 unspecified atom stereocenters. The van der Waals surface area contributed by atoms with Crippen LogP contribution in [0.1, 0.15) is 11.4 Å². The smallest absolute Gasteiger partial charge is 0.159 e. The largest absolute Gasteiger partial charge is 0.383 e. The molecular formula is C14H17F2N3O. The van der Waals surface area contributed by atoms with Gasteiger partial charge in [0.05, 0.1) is 13.2 Å². The van der Waals surface area contributed by atoms with Gasteiger partial charge in [0, 0.05) is 32.6 Å². The molecule has 0 bridgehead atoms. The van der Waals surface area contributed by atoms with Gasteiger partial charge in [-0.05, 0) is 17.7 Å². The van der Waals surface area contributed by atoms with Gasteiger partial charge in [-0.25, -0.2) is 13.8 Å². The molecule has 0 atom stereocenters. The van der Waals surface area contributed by atoms with E-state index in [4.69, 9.17) is 4.74 Å². The van der Waals surface area contributed by atoms with Crippen molar-refractivity contribution >= 4 is 0 Å². The predicted octanol–water partition coefficient (Wildman–Crippen LogP) is 1.95. The zero-order valence-corrected chi connectivity index (χ0v) is 11.3. The Bertz CT molecular complexity index is 557. The van der Waals surface area contributed by atoms with E-state index in [1.807, 2.05) is 10.8 Å². The molecule has 0 aliphatic heterocycles. The van der Waals surface area contributed by atoms with E-state index in [0.29, 0.717) is 25.3 Å². The molecule has 0 amide bonds. The normalized spacial score (nSPS) is 10.9. The summed E-state index contributed by atoms with van der Waals surface area (Å²) in [6.07, 6.45) is 3.50. The number of hydrogen-bond acceptors (Lipinski definition) is 3. The molecule has 0 aliphatic rings. The lowest BCUT2D eigenvalue weighted by molar-refractivity contribution is 0.199. The molecule has 1 aromatic carbocycles. The van der Waals surface area contributed by atoms with E-state index in [0.717, 1.165) is 18.4 Å². The summed E-state index contributed by atoms with van der Waals surface area (Å²) in [4.78, 5) is 4.24. The summed E-state index contributed by atoms with van der Waals surface area (Å²) in [5.41, 5.74) is 0.694. The average molecular weight is 281 g/mol. The first kappa shape index (κ1) is 14.6. The summed E-state index contributed by atoms with van der Waals surface area (Å²) in [5.74, 6) is -0.825. The second-order valence-electron chi connectivity index (χ2n) is 4.39. The lowest BCUT2D eigenvalue weighted by Crippen LogP contribution is -2.21. The van der Waals surface area contributed by atoms with Gasteiger partial charge in [-0.1, -0.05) is 6.07 Å². The van der Waals surface area contributed by atoms with Gasteiger partial charge in [-0.3, -0.25) is 0 Å². The molecule has 20 heavy (non-hydrogen) atoms. The van der Waals surface area contributed by atoms with Crippen LogP contribution in [0, 0.1) is 11.6 Å². The summed E-state index contributed by atoms with van der Waals surface area (Å²) < 4.78 is 32.9. The molecule has 1 aromatic heterocycles. The maximum atomic E-state index is 13.2. The van der Waals surface area contributed by atoms with Crippen molar-refractivity contribution in [3.8, 4) is 0 Å². The third-order valence-corrected chi connectivity index (χ3v) is 2.90. The number of benzene rings is 1. The van der Waals surface area contributed by atoms with Gasteiger partial charge in [0.25, 0.3) is 0 Å². The first-order valence-corrected chi connectivity index (χ1v) is 6.34. The van der Waals surface area contributed by atoms with E-state index in [-0.39, 0.29) is 0 Å². The summed E-state index contributed by atoms with van der Waals surface area (Å²) in [6, 6.07) is 3.91. The highest BCUT2D eigenvalue weighted by Gasteiger charge is 2.06. The molecule has 0 aliphatic carbocycles. The fourth-order valence-electron chi connectivity index (χ4n) is 1.86. The van der Waals surface area contributed by atoms with E-state index in [1.54, 1.807) is 19.4 Å². The van der Waals surface area contributed by atoms with Crippen LogP contribution < -0.4 is 5.32 Å². The number of nitrogens with zero attached hydrogens (tertiary/aromatic N) is 2. The lowest BCUT2D eigenvalue weighted by atomic mass is 10.2. The number of ether oxygens (including phenoxy) is 1. The van der Waals surface area contributed by atoms with Crippen molar-refractivity contribution in [2.75, 3.05) is 20.3 Å². The molecule has 0 saturated carbocycles. The van der Waals surface area contributed by atoms with Crippen LogP contribution in [0.15, 0.2) is 30.6 Å². The van der Waals surface area contributed by atoms with Crippen LogP contribution in [-0.4, -0.2) is 29.8 Å². The van der Waals surface area contributed by atoms with Gasteiger partial charge < -0.3 is 14.6 Å². The standard InChI is InChI=1S/C14H17F2N3O/c1-20-7-5-17-9-14-18-4-6-19(14)10-11-2-3-12(15)13(16)8-11/h2-4,6,8,17H,5,7,9-10H2,1H3. The molecule has 1 heterocycles. The highest BCUT2D eigenvalue weighted by molar-refractivity contribution is 5.18. The van der Waals surface area contributed by atoms with Gasteiger partial charge in [-0.15, -0.1) is 0 Å². The van der Waals surface area contributed by atoms with Crippen LogP contribution >= 0.6 is 0 Å². The van der Waals surface area contributed by atoms with E-state index >= 15 is 0 Å². The number of nitrogens with one attached hydrogen (secondary N) is 1. The van der Waals surface area contributed by atoms with Crippen molar-refractivity contribution in [1.29, 1.82) is 0 Å². The fourth-order valence-corrected chi connectivity index (χ4v) is 1.86. The maximum Gasteiger partial charge on any atom is 0.159 e. The third kappa shape index (κ3) is 3.85. The molecule has 0 fully saturated rings. The lowest BCUT2D eigenvalue weighted by Gasteiger charge is -2.09. The summed E-state index contributed by atoms with van der Waals surface area (Å²) in [6.45, 7) is 2.41. The Balaban J connectivity index is 1.99. The highest BCUT2D eigenvalue weighted by Crippen LogP contribution is 2.11. The molecule has 2 aromatic rings. The average Bonchev–Trinajstić information content (AvgIpc) is 2.86. The molecule has 1 N–H and O–H groups in total. The number of methoxy groups -OCH3 is 1. The number of aromatic nitrogens is 2. The summed E-state index contributed by atoms with van der Waals surface area (Å²) in [7, 11) is 1.64. The van der Waals surface area contributed by atoms with Crippen LogP contribution in [0.25, 0.3) is 0 Å². The molecule has 0 radical (unpaired) electrons. The van der Waals surface area contributed by atoms with Crippen molar-refractivity contribution < 1.29 is 13.5 Å². The van der Waals surface area contributed by atoms with Crippen molar-refractivity contribution in [2.24, 2.45) is 0 Å². The Hall–Kier alpha value is -1.79. The van der Waals surface area contributed by atoms with Crippen molar-refractivity contribution in [2.45, 2.75) is 13.1 Å². The Labute approximate surface area is 116 Å². The Kier molecular flexibility index (Phi) is 5.20. The third-order valence-electron chi connectivity index (χ3n) is 2.90. The zero-order valence-electron chi connectivity index (χ0n) is 11.3. The predicted molar refractivity (Wildman–Crippen MR) is 71.3 cm³/mol. The van der Waals surface area contributed by atoms with E-state index < -0.39 is 11.6 Å². The Morgan fingerprint density at radius 3 is 2.90 bits per heavy atom. The fraction of sp³-hybridized carbons (Fsp3) is 0.357. The quantitative estimate of drug-likeness (QED) is 0.788. The van der Waals surface area contributed by atoms with Gasteiger partial charge in [0.15, 0.2) is 11.6 Å². The number of halogens is 2. The van der Waals surface area contributed by atoms with Gasteiger partial charge in [0.1, 0.15) is 5.82 Å². The maximum absolute atomic E-state index is 13.2. The van der Waals surface area contributed by atoms with E-state index in [2.05, 4.69) is 10.3 Å². The van der Waals surface area contributed by atoms with Gasteiger partial charge >= 0.3 is 0 Å². The first-order chi connectivity index (χ1) is 9.70. The molecular weight excluding hydrogens is 264 g/mol. The monoisotopic (exact) mass is 281 g/mol. The van der Waals surface area contributed by atoms with Gasteiger partial charge in [-0.2, -0.15) is 0 Å². The molecule has 6 heteroatoms. The zero-order chi connectivity index (χ0) is 14.4. The first-order valence-electron chi connectivity index (χ1n) is 6.34. The second-order valence-corrected chi connectivity index (χ2v) is 4.39. The molecule has 0 saturated heterocycles. The summed E-state index contributed by atoms with van der Waals surface area (Å²) >= 11 is 0. The van der Waals surface area contributed by atoms with Gasteiger partial charge in [0.2, 0.25) is 0 Å². The Morgan fingerprint density at radius 2 is 2.15 bits per heavy atom. The number of hydrogen-bond donors (Lipinski definition) is 1. The second kappa shape index (κ2) is 7.12. The van der Waals surface area contributed by atoms with Crippen molar-refractivity contribution in [3.05, 3.63) is 53.6 Å². The minimum absolute atomic E-state index is 0.457. The van der Waals surface area contributed by atoms with Crippen LogP contribution in [0.5, 0.6) is 0 Å². The van der Waals surface area contributed by atoms with Crippen molar-refractivity contribution in [3.63, 3.8) is 0 Å². The minimum Gasteiger partial charge on any atom is -0.383 e. The van der Waals surface area contributed by atoms with Crippen LogP contribution in [0.2, 0.25) is 0 Å². The minimum atomic E-state index is -0.833. The summed E-state index contributed by atoms with van der Waals surface area (Å²) in [5, 5.41) is 3.19.